The number of rotatable bonds is 5. The van der Waals surface area contributed by atoms with Gasteiger partial charge in [-0.1, -0.05) is 30.3 Å². The van der Waals surface area contributed by atoms with Crippen LogP contribution in [0.5, 0.6) is 0 Å². The van der Waals surface area contributed by atoms with E-state index in [1.165, 1.54) is 24.3 Å². The molecule has 0 aliphatic rings. The number of nitrogens with one attached hydrogen (secondary N) is 2. The molecule has 7 nitrogen and oxygen atoms in total. The zero-order valence-corrected chi connectivity index (χ0v) is 14.0. The van der Waals surface area contributed by atoms with Crippen LogP contribution in [0.25, 0.3) is 0 Å². The van der Waals surface area contributed by atoms with Crippen molar-refractivity contribution in [2.45, 2.75) is 10.9 Å². The van der Waals surface area contributed by atoms with Crippen molar-refractivity contribution in [3.05, 3.63) is 60.2 Å². The molecule has 2 aromatic rings. The summed E-state index contributed by atoms with van der Waals surface area (Å²) in [5.74, 6) is -1.07. The molecule has 2 rings (SSSR count). The van der Waals surface area contributed by atoms with Crippen molar-refractivity contribution in [3.8, 4) is 0 Å². The van der Waals surface area contributed by atoms with Crippen LogP contribution >= 0.6 is 12.2 Å². The minimum Gasteiger partial charge on any atom is -0.479 e. The number of sulfonamides is 1. The predicted molar refractivity (Wildman–Crippen MR) is 94.0 cm³/mol. The standard InChI is InChI=1S/C15H15N3O4S2/c16-24(21,22)12-8-6-11(7-9-12)17-15(23)18-13(14(19)20)10-4-2-1-3-5-10/h1-9,13H,(H,19,20)(H2,16,21,22)(H2,17,18,23)/t13-/m0/s1. The summed E-state index contributed by atoms with van der Waals surface area (Å²) in [7, 11) is -3.77. The molecule has 0 heterocycles. The van der Waals surface area contributed by atoms with E-state index in [4.69, 9.17) is 17.4 Å². The summed E-state index contributed by atoms with van der Waals surface area (Å²) in [5.41, 5.74) is 1.05. The quantitative estimate of drug-likeness (QED) is 0.592. The molecule has 5 N–H and O–H groups in total. The molecule has 2 aromatic carbocycles. The third kappa shape index (κ3) is 4.75. The number of carbonyl (C=O) groups is 1. The minimum atomic E-state index is -3.77. The number of carboxylic acids is 1. The van der Waals surface area contributed by atoms with Crippen LogP contribution in [0.3, 0.4) is 0 Å². The van der Waals surface area contributed by atoms with Gasteiger partial charge in [0.15, 0.2) is 11.2 Å². The molecular formula is C15H15N3O4S2. The van der Waals surface area contributed by atoms with Crippen molar-refractivity contribution in [2.24, 2.45) is 5.14 Å². The molecule has 0 saturated carbocycles. The van der Waals surface area contributed by atoms with Crippen LogP contribution in [0.4, 0.5) is 5.69 Å². The maximum Gasteiger partial charge on any atom is 0.330 e. The fourth-order valence-electron chi connectivity index (χ4n) is 1.96. The Morgan fingerprint density at radius 3 is 2.17 bits per heavy atom. The molecule has 0 amide bonds. The summed E-state index contributed by atoms with van der Waals surface area (Å²) in [4.78, 5) is 11.4. The molecule has 0 bridgehead atoms. The zero-order chi connectivity index (χ0) is 17.7. The zero-order valence-electron chi connectivity index (χ0n) is 12.3. The van der Waals surface area contributed by atoms with E-state index in [0.29, 0.717) is 11.3 Å². The summed E-state index contributed by atoms with van der Waals surface area (Å²) in [5, 5.41) is 20.0. The highest BCUT2D eigenvalue weighted by Crippen LogP contribution is 2.15. The number of hydrogen-bond acceptors (Lipinski definition) is 4. The first-order valence-electron chi connectivity index (χ1n) is 6.75. The van der Waals surface area contributed by atoms with Crippen molar-refractivity contribution in [1.82, 2.24) is 5.32 Å². The van der Waals surface area contributed by atoms with Crippen LogP contribution in [0.15, 0.2) is 59.5 Å². The molecule has 1 atom stereocenters. The average Bonchev–Trinajstić information content (AvgIpc) is 2.53. The number of nitrogens with two attached hydrogens (primary N) is 1. The molecule has 126 valence electrons. The van der Waals surface area contributed by atoms with E-state index in [-0.39, 0.29) is 10.0 Å². The summed E-state index contributed by atoms with van der Waals surface area (Å²) in [6, 6.07) is 13.2. The first-order valence-corrected chi connectivity index (χ1v) is 8.71. The summed E-state index contributed by atoms with van der Waals surface area (Å²) >= 11 is 5.11. The lowest BCUT2D eigenvalue weighted by Crippen LogP contribution is -2.36. The lowest BCUT2D eigenvalue weighted by Gasteiger charge is -2.17. The molecule has 0 aliphatic carbocycles. The normalized spacial score (nSPS) is 12.2. The van der Waals surface area contributed by atoms with Crippen LogP contribution in [0.2, 0.25) is 0 Å². The number of hydrogen-bond donors (Lipinski definition) is 4. The number of primary sulfonamides is 1. The first kappa shape index (κ1) is 17.9. The van der Waals surface area contributed by atoms with E-state index in [0.717, 1.165) is 0 Å². The van der Waals surface area contributed by atoms with Gasteiger partial charge in [0.25, 0.3) is 0 Å². The smallest absolute Gasteiger partial charge is 0.330 e. The molecule has 0 spiro atoms. The Morgan fingerprint density at radius 1 is 1.08 bits per heavy atom. The van der Waals surface area contributed by atoms with E-state index in [1.54, 1.807) is 30.3 Å². The van der Waals surface area contributed by atoms with Crippen LogP contribution in [-0.4, -0.2) is 24.6 Å². The van der Waals surface area contributed by atoms with Gasteiger partial charge >= 0.3 is 5.97 Å². The van der Waals surface area contributed by atoms with Gasteiger partial charge in [-0.2, -0.15) is 0 Å². The van der Waals surface area contributed by atoms with Crippen molar-refractivity contribution < 1.29 is 18.3 Å². The Kier molecular flexibility index (Phi) is 5.50. The monoisotopic (exact) mass is 365 g/mol. The lowest BCUT2D eigenvalue weighted by atomic mass is 10.1. The van der Waals surface area contributed by atoms with Crippen molar-refractivity contribution >= 4 is 39.0 Å². The number of carboxylic acid groups (broad SMARTS) is 1. The van der Waals surface area contributed by atoms with Gasteiger partial charge < -0.3 is 15.7 Å². The molecule has 0 fully saturated rings. The molecule has 0 unspecified atom stereocenters. The second kappa shape index (κ2) is 7.39. The fourth-order valence-corrected chi connectivity index (χ4v) is 2.71. The third-order valence-electron chi connectivity index (χ3n) is 3.10. The van der Waals surface area contributed by atoms with E-state index in [2.05, 4.69) is 10.6 Å². The Balaban J connectivity index is 2.08. The molecule has 0 radical (unpaired) electrons. The van der Waals surface area contributed by atoms with Crippen molar-refractivity contribution in [1.29, 1.82) is 0 Å². The number of anilines is 1. The number of thiocarbonyl (C=S) groups is 1. The van der Waals surface area contributed by atoms with E-state index < -0.39 is 22.0 Å². The number of benzene rings is 2. The van der Waals surface area contributed by atoms with Gasteiger partial charge in [0.2, 0.25) is 10.0 Å². The largest absolute Gasteiger partial charge is 0.479 e. The lowest BCUT2D eigenvalue weighted by molar-refractivity contribution is -0.139. The predicted octanol–water partition coefficient (Wildman–Crippen LogP) is 1.45. The molecule has 9 heteroatoms. The maximum absolute atomic E-state index is 11.4. The van der Waals surface area contributed by atoms with Crippen LogP contribution < -0.4 is 15.8 Å². The van der Waals surface area contributed by atoms with Gasteiger partial charge in [0, 0.05) is 5.69 Å². The van der Waals surface area contributed by atoms with Crippen LogP contribution in [0.1, 0.15) is 11.6 Å². The molecular weight excluding hydrogens is 350 g/mol. The molecule has 0 aliphatic heterocycles. The van der Waals surface area contributed by atoms with Gasteiger partial charge in [0.05, 0.1) is 4.90 Å². The maximum atomic E-state index is 11.4. The first-order chi connectivity index (χ1) is 11.3. The highest BCUT2D eigenvalue weighted by Gasteiger charge is 2.20. The minimum absolute atomic E-state index is 0.0281. The van der Waals surface area contributed by atoms with Gasteiger partial charge in [-0.25, -0.2) is 18.4 Å². The van der Waals surface area contributed by atoms with E-state index in [9.17, 15) is 18.3 Å². The topological polar surface area (TPSA) is 122 Å². The van der Waals surface area contributed by atoms with E-state index in [1.807, 2.05) is 0 Å². The van der Waals surface area contributed by atoms with Gasteiger partial charge in [-0.3, -0.25) is 0 Å². The third-order valence-corrected chi connectivity index (χ3v) is 4.25. The fraction of sp³-hybridized carbons (Fsp3) is 0.0667. The Morgan fingerprint density at radius 2 is 1.67 bits per heavy atom. The highest BCUT2D eigenvalue weighted by molar-refractivity contribution is 7.89. The SMILES string of the molecule is NS(=O)(=O)c1ccc(NC(=S)N[C@H](C(=O)O)c2ccccc2)cc1. The Hall–Kier alpha value is -2.49. The van der Waals surface area contributed by atoms with Crippen LogP contribution in [-0.2, 0) is 14.8 Å². The molecule has 0 saturated heterocycles. The number of aliphatic carboxylic acids is 1. The van der Waals surface area contributed by atoms with Gasteiger partial charge in [-0.15, -0.1) is 0 Å². The van der Waals surface area contributed by atoms with Crippen molar-refractivity contribution in [3.63, 3.8) is 0 Å². The average molecular weight is 365 g/mol. The van der Waals surface area contributed by atoms with Gasteiger partial charge in [0.1, 0.15) is 0 Å². The van der Waals surface area contributed by atoms with Gasteiger partial charge in [-0.05, 0) is 42.0 Å². The summed E-state index contributed by atoms with van der Waals surface area (Å²) in [6.07, 6.45) is 0. The Bertz CT molecular complexity index is 837. The van der Waals surface area contributed by atoms with Crippen LogP contribution in [0, 0.1) is 0 Å². The summed E-state index contributed by atoms with van der Waals surface area (Å²) in [6.45, 7) is 0. The summed E-state index contributed by atoms with van der Waals surface area (Å²) < 4.78 is 22.4. The van der Waals surface area contributed by atoms with E-state index >= 15 is 0 Å². The second-order valence-corrected chi connectivity index (χ2v) is 6.82. The highest BCUT2D eigenvalue weighted by atomic mass is 32.2. The molecule has 24 heavy (non-hydrogen) atoms. The Labute approximate surface area is 144 Å². The second-order valence-electron chi connectivity index (χ2n) is 4.85. The molecule has 0 aromatic heterocycles. The van der Waals surface area contributed by atoms with Crippen molar-refractivity contribution in [2.75, 3.05) is 5.32 Å².